The van der Waals surface area contributed by atoms with Crippen molar-refractivity contribution in [1.82, 2.24) is 15.4 Å². The van der Waals surface area contributed by atoms with Gasteiger partial charge in [0.05, 0.1) is 16.8 Å². The molecule has 0 aliphatic carbocycles. The molecule has 3 aromatic rings. The molecular formula is C16H12N4O3S. The van der Waals surface area contributed by atoms with Crippen molar-refractivity contribution in [2.75, 3.05) is 0 Å². The predicted octanol–water partition coefficient (Wildman–Crippen LogP) is 1.97. The number of aromatic nitrogens is 2. The Labute approximate surface area is 140 Å². The topological polar surface area (TPSA) is 107 Å². The number of phenols is 1. The van der Waals surface area contributed by atoms with E-state index < -0.39 is 11.6 Å². The minimum absolute atomic E-state index is 0.0322. The Morgan fingerprint density at radius 2 is 2.17 bits per heavy atom. The number of H-pyrrole nitrogens is 1. The van der Waals surface area contributed by atoms with Crippen molar-refractivity contribution in [2.24, 2.45) is 5.10 Å². The number of aromatic amines is 1. The number of benzene rings is 1. The summed E-state index contributed by atoms with van der Waals surface area (Å²) >= 11 is 1.44. The highest BCUT2D eigenvalue weighted by molar-refractivity contribution is 7.13. The molecule has 1 aromatic carbocycles. The molecule has 3 rings (SSSR count). The molecule has 0 aliphatic heterocycles. The van der Waals surface area contributed by atoms with E-state index in [1.165, 1.54) is 35.8 Å². The van der Waals surface area contributed by atoms with Gasteiger partial charge in [-0.2, -0.15) is 10.1 Å². The maximum atomic E-state index is 12.1. The Morgan fingerprint density at radius 1 is 1.29 bits per heavy atom. The van der Waals surface area contributed by atoms with Crippen LogP contribution in [0.25, 0.3) is 10.6 Å². The molecule has 1 amide bonds. The third-order valence-electron chi connectivity index (χ3n) is 3.01. The Morgan fingerprint density at radius 3 is 2.92 bits per heavy atom. The molecule has 7 nitrogen and oxygen atoms in total. The van der Waals surface area contributed by atoms with E-state index in [1.54, 1.807) is 12.1 Å². The summed E-state index contributed by atoms with van der Waals surface area (Å²) in [5.74, 6) is -0.502. The van der Waals surface area contributed by atoms with Gasteiger partial charge in [0.1, 0.15) is 11.4 Å². The first-order valence-corrected chi connectivity index (χ1v) is 7.77. The van der Waals surface area contributed by atoms with E-state index in [2.05, 4.69) is 20.5 Å². The van der Waals surface area contributed by atoms with Gasteiger partial charge in [-0.3, -0.25) is 4.79 Å². The summed E-state index contributed by atoms with van der Waals surface area (Å²) in [7, 11) is 0. The average molecular weight is 340 g/mol. The van der Waals surface area contributed by atoms with Crippen LogP contribution in [0.5, 0.6) is 5.75 Å². The number of carbonyl (C=O) groups is 1. The summed E-state index contributed by atoms with van der Waals surface area (Å²) in [4.78, 5) is 30.8. The first-order valence-electron chi connectivity index (χ1n) is 6.89. The molecule has 2 aromatic heterocycles. The molecule has 0 fully saturated rings. The van der Waals surface area contributed by atoms with Gasteiger partial charge in [0.15, 0.2) is 0 Å². The van der Waals surface area contributed by atoms with Gasteiger partial charge in [0.25, 0.3) is 5.91 Å². The highest BCUT2D eigenvalue weighted by Gasteiger charge is 2.10. The molecule has 0 spiro atoms. The van der Waals surface area contributed by atoms with Crippen molar-refractivity contribution in [3.8, 4) is 16.3 Å². The van der Waals surface area contributed by atoms with E-state index in [9.17, 15) is 14.7 Å². The Balaban J connectivity index is 1.77. The van der Waals surface area contributed by atoms with Gasteiger partial charge < -0.3 is 10.1 Å². The number of phenolic OH excluding ortho intramolecular Hbond substituents is 1. The number of nitrogens with one attached hydrogen (secondary N) is 2. The minimum atomic E-state index is -0.608. The van der Waals surface area contributed by atoms with Gasteiger partial charge in [-0.15, -0.1) is 11.3 Å². The van der Waals surface area contributed by atoms with Gasteiger partial charge in [-0.25, -0.2) is 10.2 Å². The van der Waals surface area contributed by atoms with Crippen molar-refractivity contribution >= 4 is 23.5 Å². The molecule has 0 aliphatic rings. The van der Waals surface area contributed by atoms with Crippen molar-refractivity contribution < 1.29 is 9.90 Å². The van der Waals surface area contributed by atoms with Crippen molar-refractivity contribution in [3.63, 3.8) is 0 Å². The molecule has 24 heavy (non-hydrogen) atoms. The number of hydrogen-bond acceptors (Lipinski definition) is 6. The van der Waals surface area contributed by atoms with Crippen LogP contribution in [0.4, 0.5) is 0 Å². The third-order valence-corrected chi connectivity index (χ3v) is 3.92. The standard InChI is InChI=1S/C16H12N4O3S/c21-11-4-1-3-10(7-11)9-17-20-15(22)13-8-12(18-16(23)19-13)14-5-2-6-24-14/h1-9,21H,(H,20,22)(H,18,19,23)/b17-9+. The number of thiophene rings is 1. The maximum absolute atomic E-state index is 12.1. The van der Waals surface area contributed by atoms with Crippen LogP contribution in [0.3, 0.4) is 0 Å². The summed E-state index contributed by atoms with van der Waals surface area (Å²) < 4.78 is 0. The summed E-state index contributed by atoms with van der Waals surface area (Å²) in [6.45, 7) is 0. The van der Waals surface area contributed by atoms with Crippen LogP contribution in [0.1, 0.15) is 16.1 Å². The fourth-order valence-corrected chi connectivity index (χ4v) is 2.66. The van der Waals surface area contributed by atoms with E-state index in [4.69, 9.17) is 0 Å². The van der Waals surface area contributed by atoms with E-state index in [0.29, 0.717) is 11.3 Å². The average Bonchev–Trinajstić information content (AvgIpc) is 3.09. The Bertz CT molecular complexity index is 948. The second-order valence-corrected chi connectivity index (χ2v) is 5.70. The maximum Gasteiger partial charge on any atom is 0.346 e. The number of hydrazone groups is 1. The number of aromatic hydroxyl groups is 1. The molecule has 0 saturated heterocycles. The SMILES string of the molecule is O=C(N/N=C/c1cccc(O)c1)c1cc(-c2cccs2)[nH]c(=O)n1. The minimum Gasteiger partial charge on any atom is -0.508 e. The monoisotopic (exact) mass is 340 g/mol. The van der Waals surface area contributed by atoms with Gasteiger partial charge in [-0.1, -0.05) is 18.2 Å². The van der Waals surface area contributed by atoms with Crippen LogP contribution in [-0.2, 0) is 0 Å². The number of hydrogen-bond donors (Lipinski definition) is 3. The van der Waals surface area contributed by atoms with Crippen molar-refractivity contribution in [1.29, 1.82) is 0 Å². The smallest absolute Gasteiger partial charge is 0.346 e. The molecule has 0 bridgehead atoms. The van der Waals surface area contributed by atoms with E-state index in [-0.39, 0.29) is 11.4 Å². The first kappa shape index (κ1) is 15.6. The zero-order valence-corrected chi connectivity index (χ0v) is 13.1. The van der Waals surface area contributed by atoms with Gasteiger partial charge in [0.2, 0.25) is 0 Å². The van der Waals surface area contributed by atoms with E-state index in [1.807, 2.05) is 17.5 Å². The molecule has 0 saturated carbocycles. The fraction of sp³-hybridized carbons (Fsp3) is 0. The van der Waals surface area contributed by atoms with Gasteiger partial charge in [-0.05, 0) is 35.2 Å². The van der Waals surface area contributed by atoms with Gasteiger partial charge >= 0.3 is 5.69 Å². The van der Waals surface area contributed by atoms with E-state index in [0.717, 1.165) is 4.88 Å². The summed E-state index contributed by atoms with van der Waals surface area (Å²) in [5, 5.41) is 15.0. The van der Waals surface area contributed by atoms with Crippen LogP contribution in [0.15, 0.2) is 57.7 Å². The lowest BCUT2D eigenvalue weighted by Gasteiger charge is -2.02. The first-order chi connectivity index (χ1) is 11.6. The lowest BCUT2D eigenvalue weighted by atomic mass is 10.2. The van der Waals surface area contributed by atoms with Crippen LogP contribution >= 0.6 is 11.3 Å². The zero-order chi connectivity index (χ0) is 16.9. The fourth-order valence-electron chi connectivity index (χ4n) is 1.97. The lowest BCUT2D eigenvalue weighted by Crippen LogP contribution is -2.24. The predicted molar refractivity (Wildman–Crippen MR) is 91.3 cm³/mol. The number of amides is 1. The van der Waals surface area contributed by atoms with Crippen LogP contribution < -0.4 is 11.1 Å². The molecular weight excluding hydrogens is 328 g/mol. The molecule has 120 valence electrons. The molecule has 3 N–H and O–H groups in total. The van der Waals surface area contributed by atoms with E-state index >= 15 is 0 Å². The Kier molecular flexibility index (Phi) is 4.48. The lowest BCUT2D eigenvalue weighted by molar-refractivity contribution is 0.0949. The van der Waals surface area contributed by atoms with Gasteiger partial charge in [0, 0.05) is 0 Å². The highest BCUT2D eigenvalue weighted by Crippen LogP contribution is 2.21. The van der Waals surface area contributed by atoms with Crippen LogP contribution in [0, 0.1) is 0 Å². The zero-order valence-electron chi connectivity index (χ0n) is 12.3. The van der Waals surface area contributed by atoms with Crippen LogP contribution in [-0.4, -0.2) is 27.2 Å². The normalized spacial score (nSPS) is 10.8. The molecule has 0 atom stereocenters. The number of rotatable bonds is 4. The quantitative estimate of drug-likeness (QED) is 0.498. The number of nitrogens with zero attached hydrogens (tertiary/aromatic N) is 2. The second-order valence-electron chi connectivity index (χ2n) is 4.76. The highest BCUT2D eigenvalue weighted by atomic mass is 32.1. The van der Waals surface area contributed by atoms with Crippen molar-refractivity contribution in [3.05, 3.63) is 69.6 Å². The van der Waals surface area contributed by atoms with Crippen molar-refractivity contribution in [2.45, 2.75) is 0 Å². The molecule has 0 radical (unpaired) electrons. The van der Waals surface area contributed by atoms with Crippen LogP contribution in [0.2, 0.25) is 0 Å². The molecule has 8 heteroatoms. The molecule has 0 unspecified atom stereocenters. The third kappa shape index (κ3) is 3.73. The Hall–Kier alpha value is -3.26. The summed E-state index contributed by atoms with van der Waals surface area (Å²) in [6.07, 6.45) is 1.38. The summed E-state index contributed by atoms with van der Waals surface area (Å²) in [6, 6.07) is 11.6. The summed E-state index contributed by atoms with van der Waals surface area (Å²) in [5.41, 5.74) is 2.80. The number of carbonyl (C=O) groups excluding carboxylic acids is 1. The largest absolute Gasteiger partial charge is 0.508 e. The second kappa shape index (κ2) is 6.88. The molecule has 2 heterocycles.